The van der Waals surface area contributed by atoms with Gasteiger partial charge in [0.2, 0.25) is 0 Å². The fourth-order valence-corrected chi connectivity index (χ4v) is 0.632. The molecule has 0 saturated heterocycles. The van der Waals surface area contributed by atoms with E-state index in [0.29, 0.717) is 13.0 Å². The van der Waals surface area contributed by atoms with Gasteiger partial charge in [-0.25, -0.2) is 0 Å². The van der Waals surface area contributed by atoms with Crippen molar-refractivity contribution < 1.29 is 9.90 Å². The van der Waals surface area contributed by atoms with Crippen LogP contribution in [0, 0.1) is 0 Å². The Bertz CT molecular complexity index is 111. The predicted octanol–water partition coefficient (Wildman–Crippen LogP) is -0.853. The number of carboxylic acids is 1. The Morgan fingerprint density at radius 3 is 2.36 bits per heavy atom. The first-order valence-corrected chi connectivity index (χ1v) is 3.37. The molecule has 0 aromatic rings. The van der Waals surface area contributed by atoms with Gasteiger partial charge in [0.05, 0.1) is 0 Å². The van der Waals surface area contributed by atoms with Gasteiger partial charge in [0.15, 0.2) is 0 Å². The lowest BCUT2D eigenvalue weighted by Gasteiger charge is -2.03. The molecular weight excluding hydrogens is 143 g/mol. The SMILES string of the molecule is NCCCC[C@H](N)C(=O)O.[B]. The second kappa shape index (κ2) is 7.56. The molecule has 0 aliphatic rings. The highest BCUT2D eigenvalue weighted by Crippen LogP contribution is 1.96. The number of carboxylic acid groups (broad SMARTS) is 1. The monoisotopic (exact) mass is 157 g/mol. The summed E-state index contributed by atoms with van der Waals surface area (Å²) in [4.78, 5) is 10.1. The maximum atomic E-state index is 10.1. The van der Waals surface area contributed by atoms with Gasteiger partial charge >= 0.3 is 5.97 Å². The van der Waals surface area contributed by atoms with Gasteiger partial charge in [0.1, 0.15) is 6.04 Å². The van der Waals surface area contributed by atoms with Crippen molar-refractivity contribution in [2.45, 2.75) is 25.3 Å². The average molecular weight is 157 g/mol. The van der Waals surface area contributed by atoms with Crippen molar-refractivity contribution in [3.05, 3.63) is 0 Å². The van der Waals surface area contributed by atoms with Crippen molar-refractivity contribution in [1.29, 1.82) is 0 Å². The van der Waals surface area contributed by atoms with Crippen LogP contribution in [0.5, 0.6) is 0 Å². The van der Waals surface area contributed by atoms with Crippen molar-refractivity contribution in [3.8, 4) is 0 Å². The lowest BCUT2D eigenvalue weighted by molar-refractivity contribution is -0.138. The Balaban J connectivity index is 0. The van der Waals surface area contributed by atoms with E-state index in [9.17, 15) is 4.79 Å². The number of rotatable bonds is 5. The predicted molar refractivity (Wildman–Crippen MR) is 44.3 cm³/mol. The van der Waals surface area contributed by atoms with Crippen LogP contribution >= 0.6 is 0 Å². The molecule has 5 N–H and O–H groups in total. The Hall–Kier alpha value is -0.545. The molecule has 0 spiro atoms. The van der Waals surface area contributed by atoms with Gasteiger partial charge in [-0.05, 0) is 19.4 Å². The first-order chi connectivity index (χ1) is 4.68. The van der Waals surface area contributed by atoms with Crippen molar-refractivity contribution in [2.24, 2.45) is 11.5 Å². The summed E-state index contributed by atoms with van der Waals surface area (Å²) in [5.74, 6) is -0.933. The van der Waals surface area contributed by atoms with E-state index in [2.05, 4.69) is 0 Å². The van der Waals surface area contributed by atoms with Crippen molar-refractivity contribution in [1.82, 2.24) is 0 Å². The molecule has 11 heavy (non-hydrogen) atoms. The molecule has 1 atom stereocenters. The molecule has 4 nitrogen and oxygen atoms in total. The molecule has 5 heteroatoms. The molecule has 0 aromatic carbocycles. The molecule has 0 unspecified atom stereocenters. The molecule has 0 aliphatic heterocycles. The summed E-state index contributed by atoms with van der Waals surface area (Å²) in [5, 5.41) is 8.33. The van der Waals surface area contributed by atoms with Crippen molar-refractivity contribution in [2.75, 3.05) is 6.54 Å². The third-order valence-corrected chi connectivity index (χ3v) is 1.29. The van der Waals surface area contributed by atoms with Gasteiger partial charge in [-0.15, -0.1) is 0 Å². The van der Waals surface area contributed by atoms with Crippen molar-refractivity contribution >= 4 is 14.4 Å². The van der Waals surface area contributed by atoms with Crippen LogP contribution < -0.4 is 11.5 Å². The molecule has 0 aromatic heterocycles. The summed E-state index contributed by atoms with van der Waals surface area (Å²) in [5.41, 5.74) is 10.4. The summed E-state index contributed by atoms with van der Waals surface area (Å²) in [7, 11) is 0. The van der Waals surface area contributed by atoms with E-state index in [-0.39, 0.29) is 8.41 Å². The van der Waals surface area contributed by atoms with Crippen LogP contribution in [0.4, 0.5) is 0 Å². The molecule has 0 fully saturated rings. The van der Waals surface area contributed by atoms with Crippen LogP contribution in [0.15, 0.2) is 0 Å². The molecule has 0 aliphatic carbocycles. The standard InChI is InChI=1S/C6H14N2O2.B/c7-4-2-1-3-5(8)6(9)10;/h5H,1-4,7-8H2,(H,9,10);/t5-;/m0./s1. The quantitative estimate of drug-likeness (QED) is 0.358. The van der Waals surface area contributed by atoms with E-state index >= 15 is 0 Å². The minimum Gasteiger partial charge on any atom is -0.480 e. The summed E-state index contributed by atoms with van der Waals surface area (Å²) in [6, 6.07) is -0.716. The number of unbranched alkanes of at least 4 members (excludes halogenated alkanes) is 1. The highest BCUT2D eigenvalue weighted by Gasteiger charge is 2.09. The molecule has 63 valence electrons. The maximum absolute atomic E-state index is 10.1. The fraction of sp³-hybridized carbons (Fsp3) is 0.833. The Labute approximate surface area is 68.5 Å². The van der Waals surface area contributed by atoms with E-state index in [1.165, 1.54) is 0 Å². The average Bonchev–Trinajstić information content (AvgIpc) is 1.88. The summed E-state index contributed by atoms with van der Waals surface area (Å²) in [6.45, 7) is 0.604. The second-order valence-electron chi connectivity index (χ2n) is 2.23. The lowest BCUT2D eigenvalue weighted by Crippen LogP contribution is -2.29. The first kappa shape index (κ1) is 13.1. The van der Waals surface area contributed by atoms with Crippen LogP contribution in [0.3, 0.4) is 0 Å². The van der Waals surface area contributed by atoms with Gasteiger partial charge in [-0.2, -0.15) is 0 Å². The van der Waals surface area contributed by atoms with E-state index < -0.39 is 12.0 Å². The second-order valence-corrected chi connectivity index (χ2v) is 2.23. The number of hydrogen-bond acceptors (Lipinski definition) is 3. The Morgan fingerprint density at radius 2 is 2.00 bits per heavy atom. The lowest BCUT2D eigenvalue weighted by atomic mass is 10.1. The smallest absolute Gasteiger partial charge is 0.320 e. The summed E-state index contributed by atoms with van der Waals surface area (Å²) < 4.78 is 0. The number of hydrogen-bond donors (Lipinski definition) is 3. The number of aliphatic carboxylic acids is 1. The molecule has 0 saturated carbocycles. The molecule has 0 amide bonds. The normalized spacial score (nSPS) is 11.8. The largest absolute Gasteiger partial charge is 0.480 e. The summed E-state index contributed by atoms with van der Waals surface area (Å²) in [6.07, 6.45) is 2.16. The van der Waals surface area contributed by atoms with Crippen LogP contribution in [0.2, 0.25) is 0 Å². The third-order valence-electron chi connectivity index (χ3n) is 1.29. The molecular formula is C6H14BN2O2. The van der Waals surface area contributed by atoms with Gasteiger partial charge in [0, 0.05) is 8.41 Å². The van der Waals surface area contributed by atoms with Gasteiger partial charge in [-0.3, -0.25) is 4.79 Å². The zero-order valence-electron chi connectivity index (χ0n) is 6.49. The molecule has 0 heterocycles. The zero-order valence-corrected chi connectivity index (χ0v) is 6.49. The van der Waals surface area contributed by atoms with E-state index in [1.54, 1.807) is 0 Å². The van der Waals surface area contributed by atoms with E-state index in [4.69, 9.17) is 16.6 Å². The minimum atomic E-state index is -0.933. The Morgan fingerprint density at radius 1 is 1.45 bits per heavy atom. The molecule has 3 radical (unpaired) electrons. The third kappa shape index (κ3) is 7.35. The number of nitrogens with two attached hydrogens (primary N) is 2. The Kier molecular flexibility index (Phi) is 8.99. The minimum absolute atomic E-state index is 0. The molecule has 0 rings (SSSR count). The highest BCUT2D eigenvalue weighted by atomic mass is 16.4. The number of carbonyl (C=O) groups is 1. The van der Waals surface area contributed by atoms with Gasteiger partial charge in [-0.1, -0.05) is 6.42 Å². The fourth-order valence-electron chi connectivity index (χ4n) is 0.632. The van der Waals surface area contributed by atoms with Crippen molar-refractivity contribution in [3.63, 3.8) is 0 Å². The topological polar surface area (TPSA) is 89.3 Å². The first-order valence-electron chi connectivity index (χ1n) is 3.37. The van der Waals surface area contributed by atoms with E-state index in [0.717, 1.165) is 12.8 Å². The maximum Gasteiger partial charge on any atom is 0.320 e. The van der Waals surface area contributed by atoms with Crippen LogP contribution in [0.25, 0.3) is 0 Å². The van der Waals surface area contributed by atoms with E-state index in [1.807, 2.05) is 0 Å². The van der Waals surface area contributed by atoms with Crippen LogP contribution in [-0.2, 0) is 4.79 Å². The van der Waals surface area contributed by atoms with Gasteiger partial charge < -0.3 is 16.6 Å². The molecule has 0 bridgehead atoms. The highest BCUT2D eigenvalue weighted by molar-refractivity contribution is 5.75. The zero-order chi connectivity index (χ0) is 7.98. The van der Waals surface area contributed by atoms with Crippen LogP contribution in [-0.4, -0.2) is 32.1 Å². The summed E-state index contributed by atoms with van der Waals surface area (Å²) >= 11 is 0. The van der Waals surface area contributed by atoms with Crippen LogP contribution in [0.1, 0.15) is 19.3 Å². The van der Waals surface area contributed by atoms with Gasteiger partial charge in [0.25, 0.3) is 0 Å².